The molecule has 0 saturated heterocycles. The number of aliphatic carboxylic acids is 1. The van der Waals surface area contributed by atoms with Gasteiger partial charge in [-0.05, 0) is 30.2 Å². The smallest absolute Gasteiger partial charge is 0.327 e. The van der Waals surface area contributed by atoms with Crippen molar-refractivity contribution in [3.8, 4) is 11.8 Å². The van der Waals surface area contributed by atoms with Gasteiger partial charge in [0.15, 0.2) is 0 Å². The molecular weight excluding hydrogens is 376 g/mol. The van der Waals surface area contributed by atoms with E-state index < -0.39 is 17.9 Å². The Morgan fingerprint density at radius 3 is 2.50 bits per heavy atom. The third kappa shape index (κ3) is 3.69. The normalized spacial score (nSPS) is 18.9. The van der Waals surface area contributed by atoms with E-state index in [2.05, 4.69) is 6.07 Å². The van der Waals surface area contributed by atoms with Crippen molar-refractivity contribution >= 4 is 17.6 Å². The summed E-state index contributed by atoms with van der Waals surface area (Å²) in [5.41, 5.74) is 2.96. The van der Waals surface area contributed by atoms with Crippen LogP contribution < -0.4 is 4.74 Å². The van der Waals surface area contributed by atoms with Gasteiger partial charge in [0, 0.05) is 23.3 Å². The highest BCUT2D eigenvalue weighted by Crippen LogP contribution is 2.41. The molecule has 2 unspecified atom stereocenters. The second-order valence-corrected chi connectivity index (χ2v) is 7.05. The fourth-order valence-corrected chi connectivity index (χ4v) is 3.89. The van der Waals surface area contributed by atoms with Crippen LogP contribution in [0, 0.1) is 11.3 Å². The quantitative estimate of drug-likeness (QED) is 0.773. The Labute approximate surface area is 169 Å². The number of likely N-dealkylation sites (N-methyl/N-ethyl adjacent to an activating group) is 1. The summed E-state index contributed by atoms with van der Waals surface area (Å²) in [4.78, 5) is 13.6. The van der Waals surface area contributed by atoms with Crippen LogP contribution in [0.25, 0.3) is 0 Å². The highest BCUT2D eigenvalue weighted by atomic mass is 35.5. The van der Waals surface area contributed by atoms with Crippen LogP contribution in [-0.2, 0) is 11.4 Å². The van der Waals surface area contributed by atoms with E-state index in [1.165, 1.54) is 0 Å². The van der Waals surface area contributed by atoms with E-state index in [0.29, 0.717) is 29.4 Å². The zero-order valence-electron chi connectivity index (χ0n) is 15.7. The summed E-state index contributed by atoms with van der Waals surface area (Å²) in [6.45, 7) is 2.27. The maximum Gasteiger partial charge on any atom is 0.327 e. The van der Waals surface area contributed by atoms with Gasteiger partial charge in [-0.2, -0.15) is 5.26 Å². The Balaban J connectivity index is 1.83. The van der Waals surface area contributed by atoms with E-state index in [1.807, 2.05) is 43.3 Å². The van der Waals surface area contributed by atoms with Crippen LogP contribution >= 0.6 is 11.6 Å². The second kappa shape index (κ2) is 8.37. The molecule has 2 aromatic carbocycles. The average molecular weight is 397 g/mol. The molecule has 0 radical (unpaired) electrons. The van der Waals surface area contributed by atoms with Gasteiger partial charge in [0.25, 0.3) is 0 Å². The molecule has 144 valence electrons. The lowest BCUT2D eigenvalue weighted by molar-refractivity contribution is -0.142. The fourth-order valence-electron chi connectivity index (χ4n) is 3.70. The van der Waals surface area contributed by atoms with Crippen molar-refractivity contribution in [2.75, 3.05) is 7.05 Å². The topological polar surface area (TPSA) is 73.6 Å². The molecular formula is C22H21ClN2O3. The molecule has 0 saturated carbocycles. The molecule has 0 aromatic heterocycles. The summed E-state index contributed by atoms with van der Waals surface area (Å²) in [6.07, 6.45) is 0.610. The molecule has 1 heterocycles. The molecule has 1 aliphatic heterocycles. The van der Waals surface area contributed by atoms with Gasteiger partial charge in [-0.25, -0.2) is 4.79 Å². The van der Waals surface area contributed by atoms with Crippen molar-refractivity contribution in [2.24, 2.45) is 0 Å². The molecule has 2 atom stereocenters. The fraction of sp³-hybridized carbons (Fsp3) is 0.273. The third-order valence-corrected chi connectivity index (χ3v) is 5.45. The summed E-state index contributed by atoms with van der Waals surface area (Å²) < 4.78 is 5.79. The number of hydrogen-bond acceptors (Lipinski definition) is 4. The van der Waals surface area contributed by atoms with Gasteiger partial charge in [0.2, 0.25) is 0 Å². The Hall–Kier alpha value is -2.97. The van der Waals surface area contributed by atoms with Crippen molar-refractivity contribution in [3.63, 3.8) is 0 Å². The van der Waals surface area contributed by atoms with E-state index in [9.17, 15) is 15.2 Å². The van der Waals surface area contributed by atoms with E-state index >= 15 is 0 Å². The predicted octanol–water partition coefficient (Wildman–Crippen LogP) is 4.59. The summed E-state index contributed by atoms with van der Waals surface area (Å²) in [6, 6.07) is 16.2. The van der Waals surface area contributed by atoms with Gasteiger partial charge in [-0.1, -0.05) is 48.9 Å². The first kappa shape index (κ1) is 19.8. The Morgan fingerprint density at radius 2 is 1.93 bits per heavy atom. The molecule has 0 aliphatic carbocycles. The molecule has 0 amide bonds. The number of carbonyl (C=O) groups is 1. The number of nitriles is 1. The van der Waals surface area contributed by atoms with Crippen LogP contribution in [0.15, 0.2) is 59.8 Å². The number of ether oxygens (including phenoxy) is 1. The van der Waals surface area contributed by atoms with Gasteiger partial charge in [-0.3, -0.25) is 0 Å². The van der Waals surface area contributed by atoms with E-state index in [-0.39, 0.29) is 0 Å². The number of hydrogen-bond donors (Lipinski definition) is 1. The molecule has 28 heavy (non-hydrogen) atoms. The SMILES string of the molecule is CCC1=C(C#N)C(c2ccc(OCc3ccccc3Cl)cc2)C(C(=O)O)N1C. The first-order chi connectivity index (χ1) is 13.5. The average Bonchev–Trinajstić information content (AvgIpc) is 2.99. The number of halogens is 1. The molecule has 1 aliphatic rings. The Morgan fingerprint density at radius 1 is 1.25 bits per heavy atom. The standard InChI is InChI=1S/C22H21ClN2O3/c1-3-19-17(12-24)20(21(22(26)27)25(19)2)14-8-10-16(11-9-14)28-13-15-6-4-5-7-18(15)23/h4-11,20-21H,3,13H2,1-2H3,(H,26,27). The summed E-state index contributed by atoms with van der Waals surface area (Å²) in [5, 5.41) is 20.0. The van der Waals surface area contributed by atoms with Crippen LogP contribution in [0.4, 0.5) is 0 Å². The highest BCUT2D eigenvalue weighted by Gasteiger charge is 2.43. The first-order valence-corrected chi connectivity index (χ1v) is 9.40. The van der Waals surface area contributed by atoms with Crippen LogP contribution in [0.1, 0.15) is 30.4 Å². The minimum atomic E-state index is -0.942. The van der Waals surface area contributed by atoms with Crippen LogP contribution in [0.3, 0.4) is 0 Å². The van der Waals surface area contributed by atoms with E-state index in [0.717, 1.165) is 16.8 Å². The van der Waals surface area contributed by atoms with Crippen molar-refractivity contribution in [3.05, 3.63) is 76.0 Å². The zero-order valence-corrected chi connectivity index (χ0v) is 16.5. The highest BCUT2D eigenvalue weighted by molar-refractivity contribution is 6.31. The molecule has 0 fully saturated rings. The molecule has 6 heteroatoms. The maximum atomic E-state index is 11.9. The number of carboxylic acid groups (broad SMARTS) is 1. The Bertz CT molecular complexity index is 947. The minimum absolute atomic E-state index is 0.340. The summed E-state index contributed by atoms with van der Waals surface area (Å²) >= 11 is 6.14. The maximum absolute atomic E-state index is 11.9. The van der Waals surface area contributed by atoms with E-state index in [1.54, 1.807) is 24.1 Å². The lowest BCUT2D eigenvalue weighted by Crippen LogP contribution is -2.37. The first-order valence-electron chi connectivity index (χ1n) is 9.02. The molecule has 5 nitrogen and oxygen atoms in total. The molecule has 2 aromatic rings. The van der Waals surface area contributed by atoms with Crippen molar-refractivity contribution < 1.29 is 14.6 Å². The van der Waals surface area contributed by atoms with Crippen LogP contribution in [0.5, 0.6) is 5.75 Å². The zero-order chi connectivity index (χ0) is 20.3. The molecule has 1 N–H and O–H groups in total. The number of carboxylic acids is 1. The number of allylic oxidation sites excluding steroid dienone is 1. The lowest BCUT2D eigenvalue weighted by atomic mass is 9.87. The lowest BCUT2D eigenvalue weighted by Gasteiger charge is -2.25. The van der Waals surface area contributed by atoms with Crippen molar-refractivity contribution in [2.45, 2.75) is 31.9 Å². The molecule has 0 bridgehead atoms. The number of benzene rings is 2. The summed E-state index contributed by atoms with van der Waals surface area (Å²) in [5.74, 6) is -0.789. The molecule has 3 rings (SSSR count). The largest absolute Gasteiger partial charge is 0.489 e. The van der Waals surface area contributed by atoms with Gasteiger partial charge in [0.05, 0.1) is 17.6 Å². The molecule has 0 spiro atoms. The van der Waals surface area contributed by atoms with Gasteiger partial charge >= 0.3 is 5.97 Å². The monoisotopic (exact) mass is 396 g/mol. The second-order valence-electron chi connectivity index (χ2n) is 6.65. The Kier molecular flexibility index (Phi) is 5.91. The number of rotatable bonds is 6. The number of nitrogens with zero attached hydrogens (tertiary/aromatic N) is 2. The van der Waals surface area contributed by atoms with Crippen molar-refractivity contribution in [1.82, 2.24) is 4.90 Å². The van der Waals surface area contributed by atoms with Crippen LogP contribution in [0.2, 0.25) is 5.02 Å². The van der Waals surface area contributed by atoms with Crippen LogP contribution in [-0.4, -0.2) is 29.1 Å². The predicted molar refractivity (Wildman–Crippen MR) is 107 cm³/mol. The van der Waals surface area contributed by atoms with Gasteiger partial charge in [-0.15, -0.1) is 0 Å². The summed E-state index contributed by atoms with van der Waals surface area (Å²) in [7, 11) is 1.73. The minimum Gasteiger partial charge on any atom is -0.489 e. The third-order valence-electron chi connectivity index (χ3n) is 5.08. The van der Waals surface area contributed by atoms with Crippen molar-refractivity contribution in [1.29, 1.82) is 5.26 Å². The van der Waals surface area contributed by atoms with E-state index in [4.69, 9.17) is 16.3 Å². The van der Waals surface area contributed by atoms with Gasteiger partial charge in [0.1, 0.15) is 18.4 Å². The van der Waals surface area contributed by atoms with Gasteiger partial charge < -0.3 is 14.7 Å².